The zero-order chi connectivity index (χ0) is 13.4. The van der Waals surface area contributed by atoms with E-state index in [0.29, 0.717) is 0 Å². The molecule has 0 saturated heterocycles. The van der Waals surface area contributed by atoms with Gasteiger partial charge in [0.2, 0.25) is 0 Å². The standard InChI is InChI=1S/C15H13BrN2S/c1-2-9-3-6-13-14(7-9)19-15(18-13)10-4-5-11(16)12(17)8-10/h3-8H,2,17H2,1H3. The number of halogens is 1. The number of nitrogens with two attached hydrogens (primary N) is 1. The summed E-state index contributed by atoms with van der Waals surface area (Å²) in [6, 6.07) is 12.4. The lowest BCUT2D eigenvalue weighted by Crippen LogP contribution is -1.87. The van der Waals surface area contributed by atoms with Crippen molar-refractivity contribution in [1.29, 1.82) is 0 Å². The summed E-state index contributed by atoms with van der Waals surface area (Å²) in [5.74, 6) is 0. The Hall–Kier alpha value is -1.39. The van der Waals surface area contributed by atoms with Gasteiger partial charge in [0, 0.05) is 15.7 Å². The molecule has 0 atom stereocenters. The minimum absolute atomic E-state index is 0.742. The highest BCUT2D eigenvalue weighted by Gasteiger charge is 2.08. The molecule has 2 aromatic carbocycles. The van der Waals surface area contributed by atoms with Gasteiger partial charge < -0.3 is 5.73 Å². The van der Waals surface area contributed by atoms with Crippen molar-refractivity contribution in [2.45, 2.75) is 13.3 Å². The van der Waals surface area contributed by atoms with E-state index in [-0.39, 0.29) is 0 Å². The molecule has 1 heterocycles. The van der Waals surface area contributed by atoms with E-state index in [1.54, 1.807) is 11.3 Å². The van der Waals surface area contributed by atoms with Crippen LogP contribution in [0.2, 0.25) is 0 Å². The molecule has 96 valence electrons. The molecule has 2 nitrogen and oxygen atoms in total. The minimum atomic E-state index is 0.742. The van der Waals surface area contributed by atoms with Crippen molar-refractivity contribution in [3.05, 3.63) is 46.4 Å². The van der Waals surface area contributed by atoms with Crippen LogP contribution in [-0.2, 0) is 6.42 Å². The van der Waals surface area contributed by atoms with Gasteiger partial charge in [-0.25, -0.2) is 4.98 Å². The van der Waals surface area contributed by atoms with Gasteiger partial charge in [-0.3, -0.25) is 0 Å². The van der Waals surface area contributed by atoms with Gasteiger partial charge in [-0.1, -0.05) is 19.1 Å². The van der Waals surface area contributed by atoms with Crippen molar-refractivity contribution in [2.24, 2.45) is 0 Å². The number of nitrogens with zero attached hydrogens (tertiary/aromatic N) is 1. The number of thiazole rings is 1. The van der Waals surface area contributed by atoms with Gasteiger partial charge in [0.25, 0.3) is 0 Å². The van der Waals surface area contributed by atoms with Crippen LogP contribution in [0.1, 0.15) is 12.5 Å². The molecule has 0 spiro atoms. The first kappa shape index (κ1) is 12.6. The zero-order valence-corrected chi connectivity index (χ0v) is 12.9. The molecule has 0 radical (unpaired) electrons. The topological polar surface area (TPSA) is 38.9 Å². The molecular formula is C15H13BrN2S. The lowest BCUT2D eigenvalue weighted by Gasteiger charge is -2.00. The van der Waals surface area contributed by atoms with Crippen LogP contribution in [-0.4, -0.2) is 4.98 Å². The van der Waals surface area contributed by atoms with E-state index in [9.17, 15) is 0 Å². The molecular weight excluding hydrogens is 320 g/mol. The third kappa shape index (κ3) is 2.38. The number of benzene rings is 2. The summed E-state index contributed by atoms with van der Waals surface area (Å²) in [5, 5.41) is 1.02. The molecule has 2 N–H and O–H groups in total. The lowest BCUT2D eigenvalue weighted by molar-refractivity contribution is 1.15. The fourth-order valence-electron chi connectivity index (χ4n) is 1.99. The molecule has 3 rings (SSSR count). The van der Waals surface area contributed by atoms with Gasteiger partial charge in [0.05, 0.1) is 10.2 Å². The van der Waals surface area contributed by atoms with Crippen LogP contribution in [0.4, 0.5) is 5.69 Å². The first-order valence-corrected chi connectivity index (χ1v) is 7.73. The molecule has 0 aliphatic rings. The SMILES string of the molecule is CCc1ccc2nc(-c3ccc(Br)c(N)c3)sc2c1. The molecule has 0 saturated carbocycles. The molecule has 19 heavy (non-hydrogen) atoms. The van der Waals surface area contributed by atoms with E-state index in [4.69, 9.17) is 5.73 Å². The maximum atomic E-state index is 5.93. The van der Waals surface area contributed by atoms with Crippen LogP contribution in [0.15, 0.2) is 40.9 Å². The summed E-state index contributed by atoms with van der Waals surface area (Å²) in [6.07, 6.45) is 1.05. The summed E-state index contributed by atoms with van der Waals surface area (Å²) in [7, 11) is 0. The van der Waals surface area contributed by atoms with Gasteiger partial charge in [-0.15, -0.1) is 11.3 Å². The maximum absolute atomic E-state index is 5.93. The normalized spacial score (nSPS) is 11.1. The minimum Gasteiger partial charge on any atom is -0.398 e. The predicted octanol–water partition coefficient (Wildman–Crippen LogP) is 4.87. The lowest BCUT2D eigenvalue weighted by atomic mass is 10.2. The number of fused-ring (bicyclic) bond motifs is 1. The van der Waals surface area contributed by atoms with Gasteiger partial charge in [0.15, 0.2) is 0 Å². The summed E-state index contributed by atoms with van der Waals surface area (Å²) < 4.78 is 2.15. The Balaban J connectivity index is 2.11. The average molecular weight is 333 g/mol. The Morgan fingerprint density at radius 1 is 1.21 bits per heavy atom. The van der Waals surface area contributed by atoms with Gasteiger partial charge >= 0.3 is 0 Å². The number of hydrogen-bond donors (Lipinski definition) is 1. The summed E-state index contributed by atoms with van der Waals surface area (Å²) in [4.78, 5) is 4.68. The van der Waals surface area contributed by atoms with E-state index < -0.39 is 0 Å². The van der Waals surface area contributed by atoms with Crippen LogP contribution < -0.4 is 5.73 Å². The second kappa shape index (κ2) is 4.94. The molecule has 1 aromatic heterocycles. The van der Waals surface area contributed by atoms with Crippen molar-refractivity contribution in [2.75, 3.05) is 5.73 Å². The van der Waals surface area contributed by atoms with Crippen LogP contribution >= 0.6 is 27.3 Å². The van der Waals surface area contributed by atoms with Crippen LogP contribution in [0.5, 0.6) is 0 Å². The number of aromatic nitrogens is 1. The first-order valence-electron chi connectivity index (χ1n) is 6.12. The number of anilines is 1. The molecule has 0 aliphatic heterocycles. The summed E-state index contributed by atoms with van der Waals surface area (Å²) >= 11 is 5.13. The largest absolute Gasteiger partial charge is 0.398 e. The van der Waals surface area contributed by atoms with Crippen LogP contribution in [0.25, 0.3) is 20.8 Å². The van der Waals surface area contributed by atoms with E-state index in [2.05, 4.69) is 46.0 Å². The highest BCUT2D eigenvalue weighted by Crippen LogP contribution is 2.33. The van der Waals surface area contributed by atoms with Crippen molar-refractivity contribution in [3.8, 4) is 10.6 Å². The Labute approximate surface area is 124 Å². The number of rotatable bonds is 2. The molecule has 0 fully saturated rings. The number of hydrogen-bond acceptors (Lipinski definition) is 3. The fraction of sp³-hybridized carbons (Fsp3) is 0.133. The van der Waals surface area contributed by atoms with Gasteiger partial charge in [-0.05, 0) is 52.2 Å². The predicted molar refractivity (Wildman–Crippen MR) is 86.5 cm³/mol. The second-order valence-electron chi connectivity index (χ2n) is 4.41. The highest BCUT2D eigenvalue weighted by atomic mass is 79.9. The third-order valence-corrected chi connectivity index (χ3v) is 4.89. The number of aryl methyl sites for hydroxylation is 1. The first-order chi connectivity index (χ1) is 9.17. The molecule has 0 aliphatic carbocycles. The molecule has 4 heteroatoms. The average Bonchev–Trinajstić information content (AvgIpc) is 2.84. The van der Waals surface area contributed by atoms with E-state index in [0.717, 1.165) is 32.7 Å². The molecule has 3 aromatic rings. The number of nitrogen functional groups attached to an aromatic ring is 1. The Morgan fingerprint density at radius 2 is 2.05 bits per heavy atom. The molecule has 0 unspecified atom stereocenters. The fourth-order valence-corrected chi connectivity index (χ4v) is 3.26. The van der Waals surface area contributed by atoms with Crippen molar-refractivity contribution >= 4 is 43.2 Å². The molecule has 0 amide bonds. The Bertz CT molecular complexity index is 749. The second-order valence-corrected chi connectivity index (χ2v) is 6.30. The maximum Gasteiger partial charge on any atom is 0.124 e. The molecule has 0 bridgehead atoms. The summed E-state index contributed by atoms with van der Waals surface area (Å²) in [6.45, 7) is 2.17. The highest BCUT2D eigenvalue weighted by molar-refractivity contribution is 9.10. The van der Waals surface area contributed by atoms with E-state index >= 15 is 0 Å². The monoisotopic (exact) mass is 332 g/mol. The Kier molecular flexibility index (Phi) is 3.29. The van der Waals surface area contributed by atoms with Crippen molar-refractivity contribution < 1.29 is 0 Å². The van der Waals surface area contributed by atoms with Crippen molar-refractivity contribution in [3.63, 3.8) is 0 Å². The van der Waals surface area contributed by atoms with Crippen molar-refractivity contribution in [1.82, 2.24) is 4.98 Å². The van der Waals surface area contributed by atoms with Crippen LogP contribution in [0.3, 0.4) is 0 Å². The van der Waals surface area contributed by atoms with E-state index in [1.165, 1.54) is 10.3 Å². The Morgan fingerprint density at radius 3 is 2.79 bits per heavy atom. The smallest absolute Gasteiger partial charge is 0.124 e. The van der Waals surface area contributed by atoms with Gasteiger partial charge in [-0.2, -0.15) is 0 Å². The zero-order valence-electron chi connectivity index (χ0n) is 10.5. The van der Waals surface area contributed by atoms with E-state index in [1.807, 2.05) is 18.2 Å². The third-order valence-electron chi connectivity index (χ3n) is 3.10. The quantitative estimate of drug-likeness (QED) is 0.680. The van der Waals surface area contributed by atoms with Crippen LogP contribution in [0, 0.1) is 0 Å². The summed E-state index contributed by atoms with van der Waals surface area (Å²) in [5.41, 5.74) is 10.1. The van der Waals surface area contributed by atoms with Gasteiger partial charge in [0.1, 0.15) is 5.01 Å².